The number of benzene rings is 1. The van der Waals surface area contributed by atoms with E-state index in [2.05, 4.69) is 17.9 Å². The number of aliphatic hydroxyl groups excluding tert-OH is 1. The molecule has 1 aromatic heterocycles. The third-order valence-corrected chi connectivity index (χ3v) is 4.75. The van der Waals surface area contributed by atoms with E-state index < -0.39 is 6.10 Å². The lowest BCUT2D eigenvalue weighted by molar-refractivity contribution is -0.108. The zero-order valence-corrected chi connectivity index (χ0v) is 12.3. The maximum atomic E-state index is 10.6. The van der Waals surface area contributed by atoms with Crippen LogP contribution < -0.4 is 0 Å². The van der Waals surface area contributed by atoms with Crippen LogP contribution in [0, 0.1) is 6.92 Å². The van der Waals surface area contributed by atoms with Crippen molar-refractivity contribution in [1.82, 2.24) is 4.90 Å². The number of aliphatic hydroxyl groups is 1. The van der Waals surface area contributed by atoms with Crippen LogP contribution in [0.1, 0.15) is 30.3 Å². The molecule has 1 aromatic carbocycles. The van der Waals surface area contributed by atoms with Gasteiger partial charge in [-0.15, -0.1) is 0 Å². The van der Waals surface area contributed by atoms with Gasteiger partial charge in [-0.2, -0.15) is 0 Å². The molecule has 4 rings (SSSR count). The number of furan rings is 1. The van der Waals surface area contributed by atoms with Crippen LogP contribution in [0.15, 0.2) is 28.7 Å². The van der Waals surface area contributed by atoms with E-state index in [-0.39, 0.29) is 6.10 Å². The van der Waals surface area contributed by atoms with Gasteiger partial charge in [0.1, 0.15) is 23.6 Å². The molecule has 2 aliphatic heterocycles. The smallest absolute Gasteiger partial charge is 0.139 e. The Labute approximate surface area is 124 Å². The summed E-state index contributed by atoms with van der Waals surface area (Å²) in [6.45, 7) is 4.69. The van der Waals surface area contributed by atoms with E-state index in [1.807, 2.05) is 18.2 Å². The van der Waals surface area contributed by atoms with Crippen molar-refractivity contribution in [1.29, 1.82) is 0 Å². The molecule has 21 heavy (non-hydrogen) atoms. The first-order valence-electron chi connectivity index (χ1n) is 7.74. The molecule has 1 N–H and O–H groups in total. The molecule has 0 saturated carbocycles. The van der Waals surface area contributed by atoms with Crippen molar-refractivity contribution >= 4 is 11.0 Å². The third-order valence-electron chi connectivity index (χ3n) is 4.75. The molecule has 2 aromatic rings. The van der Waals surface area contributed by atoms with Crippen molar-refractivity contribution in [2.45, 2.75) is 38.0 Å². The maximum absolute atomic E-state index is 10.6. The summed E-state index contributed by atoms with van der Waals surface area (Å²) < 4.78 is 11.7. The quantitative estimate of drug-likeness (QED) is 0.922. The van der Waals surface area contributed by atoms with Crippen molar-refractivity contribution in [3.63, 3.8) is 0 Å². The summed E-state index contributed by atoms with van der Waals surface area (Å²) in [5.41, 5.74) is 2.02. The number of fused-ring (bicyclic) bond motifs is 2. The number of ether oxygens (including phenoxy) is 1. The molecule has 4 heteroatoms. The van der Waals surface area contributed by atoms with Gasteiger partial charge in [-0.05, 0) is 44.5 Å². The van der Waals surface area contributed by atoms with Gasteiger partial charge in [-0.3, -0.25) is 4.90 Å². The lowest BCUT2D eigenvalue weighted by Crippen LogP contribution is -2.48. The first-order valence-corrected chi connectivity index (χ1v) is 7.74. The topological polar surface area (TPSA) is 45.8 Å². The minimum Gasteiger partial charge on any atom is -0.458 e. The molecule has 0 bridgehead atoms. The highest BCUT2D eigenvalue weighted by atomic mass is 16.5. The molecule has 3 heterocycles. The molecule has 4 nitrogen and oxygen atoms in total. The number of rotatable bonds is 2. The molecule has 0 aliphatic carbocycles. The molecule has 0 amide bonds. The van der Waals surface area contributed by atoms with Crippen LogP contribution in [0.4, 0.5) is 0 Å². The molecule has 112 valence electrons. The van der Waals surface area contributed by atoms with Gasteiger partial charge >= 0.3 is 0 Å². The van der Waals surface area contributed by atoms with E-state index in [0.717, 1.165) is 30.7 Å². The summed E-state index contributed by atoms with van der Waals surface area (Å²) in [5, 5.41) is 11.6. The zero-order chi connectivity index (χ0) is 14.4. The predicted octanol–water partition coefficient (Wildman–Crippen LogP) is 2.64. The van der Waals surface area contributed by atoms with Gasteiger partial charge in [-0.25, -0.2) is 0 Å². The molecule has 3 atom stereocenters. The first kappa shape index (κ1) is 13.3. The Morgan fingerprint density at radius 3 is 3.14 bits per heavy atom. The Hall–Kier alpha value is -1.36. The summed E-state index contributed by atoms with van der Waals surface area (Å²) in [5.74, 6) is 0.609. The number of hydrogen-bond donors (Lipinski definition) is 1. The second-order valence-electron chi connectivity index (χ2n) is 6.30. The molecule has 2 saturated heterocycles. The number of hydrogen-bond acceptors (Lipinski definition) is 4. The lowest BCUT2D eigenvalue weighted by Gasteiger charge is -2.36. The molecule has 0 radical (unpaired) electrons. The predicted molar refractivity (Wildman–Crippen MR) is 80.2 cm³/mol. The second kappa shape index (κ2) is 5.13. The Balaban J connectivity index is 1.56. The van der Waals surface area contributed by atoms with Gasteiger partial charge in [0.05, 0.1) is 6.61 Å². The van der Waals surface area contributed by atoms with Crippen LogP contribution in [0.2, 0.25) is 0 Å². The van der Waals surface area contributed by atoms with Crippen LogP contribution >= 0.6 is 0 Å². The number of morpholine rings is 1. The minimum atomic E-state index is -0.695. The van der Waals surface area contributed by atoms with Gasteiger partial charge in [0.15, 0.2) is 0 Å². The van der Waals surface area contributed by atoms with Crippen LogP contribution in [0.3, 0.4) is 0 Å². The van der Waals surface area contributed by atoms with E-state index in [4.69, 9.17) is 9.15 Å². The van der Waals surface area contributed by atoms with Gasteiger partial charge in [-0.1, -0.05) is 11.6 Å². The molecule has 2 fully saturated rings. The average Bonchev–Trinajstić information content (AvgIpc) is 3.11. The molecule has 3 unspecified atom stereocenters. The normalized spacial score (nSPS) is 27.9. The Bertz CT molecular complexity index is 651. The van der Waals surface area contributed by atoms with Gasteiger partial charge in [0.2, 0.25) is 0 Å². The molecule has 0 spiro atoms. The van der Waals surface area contributed by atoms with Gasteiger partial charge < -0.3 is 14.3 Å². The van der Waals surface area contributed by atoms with E-state index in [0.29, 0.717) is 11.8 Å². The Morgan fingerprint density at radius 2 is 2.24 bits per heavy atom. The monoisotopic (exact) mass is 287 g/mol. The summed E-state index contributed by atoms with van der Waals surface area (Å²) in [6.07, 6.45) is 1.56. The highest BCUT2D eigenvalue weighted by molar-refractivity contribution is 5.78. The lowest BCUT2D eigenvalue weighted by atomic mass is 10.1. The fourth-order valence-corrected chi connectivity index (χ4v) is 3.55. The van der Waals surface area contributed by atoms with Gasteiger partial charge in [0.25, 0.3) is 0 Å². The highest BCUT2D eigenvalue weighted by Gasteiger charge is 2.36. The molecular weight excluding hydrogens is 266 g/mol. The standard InChI is InChI=1S/C17H21NO3/c1-11-4-5-14-12(7-11)8-15(21-14)17(19)16-9-18-6-2-3-13(18)10-20-16/h4-5,7-8,13,16-17,19H,2-3,6,9-10H2,1H3. The largest absolute Gasteiger partial charge is 0.458 e. The van der Waals surface area contributed by atoms with E-state index in [1.165, 1.54) is 18.4 Å². The van der Waals surface area contributed by atoms with Crippen LogP contribution in [0.5, 0.6) is 0 Å². The zero-order valence-electron chi connectivity index (χ0n) is 12.3. The summed E-state index contributed by atoms with van der Waals surface area (Å²) in [6, 6.07) is 8.54. The SMILES string of the molecule is Cc1ccc2oc(C(O)C3CN4CCCC4CO3)cc2c1. The number of nitrogens with zero attached hydrogens (tertiary/aromatic N) is 1. The second-order valence-corrected chi connectivity index (χ2v) is 6.30. The van der Waals surface area contributed by atoms with E-state index in [9.17, 15) is 5.11 Å². The Kier molecular flexibility index (Phi) is 3.25. The number of aryl methyl sites for hydroxylation is 1. The van der Waals surface area contributed by atoms with Crippen LogP contribution in [-0.4, -0.2) is 41.8 Å². The van der Waals surface area contributed by atoms with Crippen LogP contribution in [0.25, 0.3) is 11.0 Å². The fraction of sp³-hybridized carbons (Fsp3) is 0.529. The van der Waals surface area contributed by atoms with E-state index in [1.54, 1.807) is 0 Å². The maximum Gasteiger partial charge on any atom is 0.139 e. The van der Waals surface area contributed by atoms with Crippen molar-refractivity contribution in [3.05, 3.63) is 35.6 Å². The highest BCUT2D eigenvalue weighted by Crippen LogP contribution is 2.31. The summed E-state index contributed by atoms with van der Waals surface area (Å²) >= 11 is 0. The third kappa shape index (κ3) is 2.37. The molecular formula is C17H21NO3. The summed E-state index contributed by atoms with van der Waals surface area (Å²) in [7, 11) is 0. The fourth-order valence-electron chi connectivity index (χ4n) is 3.55. The minimum absolute atomic E-state index is 0.194. The average molecular weight is 287 g/mol. The van der Waals surface area contributed by atoms with Crippen molar-refractivity contribution in [2.75, 3.05) is 19.7 Å². The van der Waals surface area contributed by atoms with Crippen LogP contribution in [-0.2, 0) is 4.74 Å². The van der Waals surface area contributed by atoms with Crippen molar-refractivity contribution in [3.8, 4) is 0 Å². The summed E-state index contributed by atoms with van der Waals surface area (Å²) in [4.78, 5) is 2.43. The molecule has 2 aliphatic rings. The van der Waals surface area contributed by atoms with Crippen molar-refractivity contribution < 1.29 is 14.3 Å². The van der Waals surface area contributed by atoms with Gasteiger partial charge in [0, 0.05) is 18.0 Å². The van der Waals surface area contributed by atoms with Crippen molar-refractivity contribution in [2.24, 2.45) is 0 Å². The Morgan fingerprint density at radius 1 is 1.33 bits per heavy atom. The van der Waals surface area contributed by atoms with E-state index >= 15 is 0 Å². The first-order chi connectivity index (χ1) is 10.2.